The number of aromatic nitrogens is 2. The van der Waals surface area contributed by atoms with E-state index in [1.165, 1.54) is 55.4 Å². The smallest absolute Gasteiger partial charge is 0.236 e. The lowest BCUT2D eigenvalue weighted by atomic mass is 9.95. The number of benzene rings is 2. The van der Waals surface area contributed by atoms with Gasteiger partial charge in [-0.15, -0.1) is 0 Å². The zero-order valence-corrected chi connectivity index (χ0v) is 17.5. The summed E-state index contributed by atoms with van der Waals surface area (Å²) in [6, 6.07) is 13.8. The van der Waals surface area contributed by atoms with Crippen LogP contribution >= 0.6 is 0 Å². The Bertz CT molecular complexity index is 1190. The molecule has 0 saturated heterocycles. The molecule has 0 saturated carbocycles. The Kier molecular flexibility index (Phi) is 4.10. The van der Waals surface area contributed by atoms with E-state index in [1.807, 2.05) is 0 Å². The Morgan fingerprint density at radius 3 is 2.26 bits per heavy atom. The van der Waals surface area contributed by atoms with Crippen LogP contribution in [0.15, 0.2) is 42.6 Å². The van der Waals surface area contributed by atoms with Crippen LogP contribution in [0, 0.1) is 27.7 Å². The van der Waals surface area contributed by atoms with Crippen molar-refractivity contribution in [3.05, 3.63) is 70.4 Å². The number of fused-ring (bicyclic) bond motifs is 3. The largest absolute Gasteiger partial charge is 0.286 e. The molecule has 0 fully saturated rings. The minimum Gasteiger partial charge on any atom is -0.236 e. The van der Waals surface area contributed by atoms with E-state index in [2.05, 4.69) is 100 Å². The zero-order chi connectivity index (χ0) is 19.5. The molecule has 2 heteroatoms. The van der Waals surface area contributed by atoms with Crippen molar-refractivity contribution >= 4 is 21.8 Å². The second kappa shape index (κ2) is 6.23. The van der Waals surface area contributed by atoms with Gasteiger partial charge in [0, 0.05) is 22.4 Å². The first kappa shape index (κ1) is 17.8. The molecule has 0 N–H and O–H groups in total. The van der Waals surface area contributed by atoms with E-state index in [0.29, 0.717) is 5.92 Å². The summed E-state index contributed by atoms with van der Waals surface area (Å²) < 4.78 is 4.72. The van der Waals surface area contributed by atoms with Crippen LogP contribution in [0.2, 0.25) is 0 Å². The maximum atomic E-state index is 2.46. The van der Waals surface area contributed by atoms with Gasteiger partial charge in [-0.2, -0.15) is 4.57 Å². The Labute approximate surface area is 162 Å². The van der Waals surface area contributed by atoms with Crippen LogP contribution in [0.25, 0.3) is 27.6 Å². The number of rotatable bonds is 2. The summed E-state index contributed by atoms with van der Waals surface area (Å²) in [7, 11) is 2.15. The molecule has 2 aromatic carbocycles. The summed E-state index contributed by atoms with van der Waals surface area (Å²) in [5, 5.41) is 2.66. The van der Waals surface area contributed by atoms with Crippen LogP contribution in [0.4, 0.5) is 0 Å². The molecule has 2 nitrogen and oxygen atoms in total. The highest BCUT2D eigenvalue weighted by Crippen LogP contribution is 2.36. The third kappa shape index (κ3) is 2.66. The minimum absolute atomic E-state index is 0.510. The number of pyridine rings is 1. The summed E-state index contributed by atoms with van der Waals surface area (Å²) in [6.45, 7) is 13.4. The molecular weight excluding hydrogens is 328 g/mol. The normalized spacial score (nSPS) is 11.9. The molecule has 27 heavy (non-hydrogen) atoms. The molecule has 4 rings (SSSR count). The Morgan fingerprint density at radius 2 is 1.56 bits per heavy atom. The van der Waals surface area contributed by atoms with Crippen LogP contribution in [-0.2, 0) is 7.05 Å². The molecule has 0 atom stereocenters. The predicted octanol–water partition coefficient (Wildman–Crippen LogP) is 5.97. The van der Waals surface area contributed by atoms with E-state index >= 15 is 0 Å². The van der Waals surface area contributed by atoms with Crippen molar-refractivity contribution in [3.8, 4) is 5.82 Å². The summed E-state index contributed by atoms with van der Waals surface area (Å²) in [5.41, 5.74) is 9.36. The lowest BCUT2D eigenvalue weighted by Gasteiger charge is -2.12. The van der Waals surface area contributed by atoms with Crippen LogP contribution in [-0.4, -0.2) is 4.57 Å². The molecule has 4 aromatic rings. The van der Waals surface area contributed by atoms with Crippen molar-refractivity contribution in [2.24, 2.45) is 7.05 Å². The molecule has 138 valence electrons. The van der Waals surface area contributed by atoms with E-state index in [0.717, 1.165) is 0 Å². The fourth-order valence-corrected chi connectivity index (χ4v) is 4.35. The molecule has 0 aliphatic heterocycles. The first-order chi connectivity index (χ1) is 12.8. The fraction of sp³-hybridized carbons (Fsp3) is 0.320. The van der Waals surface area contributed by atoms with Gasteiger partial charge in [0.1, 0.15) is 11.0 Å². The lowest BCUT2D eigenvalue weighted by molar-refractivity contribution is -0.665. The fourth-order valence-electron chi connectivity index (χ4n) is 4.35. The molecule has 0 aliphatic carbocycles. The molecular formula is C25H29N2+. The summed E-state index contributed by atoms with van der Waals surface area (Å²) in [5.74, 6) is 1.73. The van der Waals surface area contributed by atoms with Crippen molar-refractivity contribution in [2.45, 2.75) is 47.5 Å². The van der Waals surface area contributed by atoms with Crippen molar-refractivity contribution < 1.29 is 4.57 Å². The number of nitrogens with zero attached hydrogens (tertiary/aromatic N) is 2. The number of hydrogen-bond donors (Lipinski definition) is 0. The lowest BCUT2D eigenvalue weighted by Crippen LogP contribution is -2.34. The third-order valence-corrected chi connectivity index (χ3v) is 5.95. The number of aryl methyl sites for hydroxylation is 5. The topological polar surface area (TPSA) is 8.81 Å². The number of hydrogen-bond acceptors (Lipinski definition) is 0. The van der Waals surface area contributed by atoms with Crippen molar-refractivity contribution in [3.63, 3.8) is 0 Å². The second-order valence-electron chi connectivity index (χ2n) is 8.30. The molecule has 0 radical (unpaired) electrons. The van der Waals surface area contributed by atoms with Gasteiger partial charge in [0.15, 0.2) is 0 Å². The van der Waals surface area contributed by atoms with Crippen molar-refractivity contribution in [1.29, 1.82) is 0 Å². The molecule has 0 bridgehead atoms. The summed E-state index contributed by atoms with van der Waals surface area (Å²) >= 11 is 0. The molecule has 0 aliphatic rings. The van der Waals surface area contributed by atoms with E-state index in [9.17, 15) is 0 Å². The van der Waals surface area contributed by atoms with Gasteiger partial charge in [0.2, 0.25) is 0 Å². The third-order valence-electron chi connectivity index (χ3n) is 5.95. The highest BCUT2D eigenvalue weighted by atomic mass is 15.1. The van der Waals surface area contributed by atoms with Gasteiger partial charge in [-0.1, -0.05) is 26.0 Å². The average Bonchev–Trinajstić information content (AvgIpc) is 2.92. The van der Waals surface area contributed by atoms with Crippen LogP contribution in [0.1, 0.15) is 47.6 Å². The van der Waals surface area contributed by atoms with Crippen molar-refractivity contribution in [1.82, 2.24) is 4.57 Å². The monoisotopic (exact) mass is 357 g/mol. The first-order valence-corrected chi connectivity index (χ1v) is 9.81. The summed E-state index contributed by atoms with van der Waals surface area (Å²) in [6.07, 6.45) is 2.24. The molecule has 0 unspecified atom stereocenters. The van der Waals surface area contributed by atoms with Gasteiger partial charge in [0.05, 0.1) is 13.2 Å². The van der Waals surface area contributed by atoms with Crippen LogP contribution in [0.3, 0.4) is 0 Å². The summed E-state index contributed by atoms with van der Waals surface area (Å²) in [4.78, 5) is 0. The van der Waals surface area contributed by atoms with Gasteiger partial charge < -0.3 is 0 Å². The SMILES string of the molecule is Cc1ccc2c3ccc(C(C)C)c(C)c3n(-c3cc(C)c(C)c[n+]3C)c2c1. The van der Waals surface area contributed by atoms with Crippen LogP contribution in [0.5, 0.6) is 0 Å². The molecule has 0 spiro atoms. The van der Waals surface area contributed by atoms with E-state index in [1.54, 1.807) is 0 Å². The van der Waals surface area contributed by atoms with Gasteiger partial charge in [0.25, 0.3) is 5.82 Å². The van der Waals surface area contributed by atoms with E-state index in [-0.39, 0.29) is 0 Å². The highest BCUT2D eigenvalue weighted by Gasteiger charge is 2.24. The van der Waals surface area contributed by atoms with E-state index in [4.69, 9.17) is 0 Å². The molecule has 2 aromatic heterocycles. The average molecular weight is 358 g/mol. The second-order valence-corrected chi connectivity index (χ2v) is 8.30. The zero-order valence-electron chi connectivity index (χ0n) is 17.5. The Balaban J connectivity index is 2.25. The van der Waals surface area contributed by atoms with Gasteiger partial charge in [-0.3, -0.25) is 0 Å². The van der Waals surface area contributed by atoms with E-state index < -0.39 is 0 Å². The van der Waals surface area contributed by atoms with Gasteiger partial charge in [-0.25, -0.2) is 4.57 Å². The molecule has 0 amide bonds. The maximum absolute atomic E-state index is 2.46. The predicted molar refractivity (Wildman–Crippen MR) is 115 cm³/mol. The van der Waals surface area contributed by atoms with Crippen molar-refractivity contribution in [2.75, 3.05) is 0 Å². The molecule has 2 heterocycles. The first-order valence-electron chi connectivity index (χ1n) is 9.81. The Hall–Kier alpha value is -2.61. The van der Waals surface area contributed by atoms with Gasteiger partial charge >= 0.3 is 0 Å². The Morgan fingerprint density at radius 1 is 0.852 bits per heavy atom. The minimum atomic E-state index is 0.510. The quantitative estimate of drug-likeness (QED) is 0.391. The van der Waals surface area contributed by atoms with Gasteiger partial charge in [-0.05, 0) is 74.1 Å². The highest BCUT2D eigenvalue weighted by molar-refractivity contribution is 6.10. The maximum Gasteiger partial charge on any atom is 0.286 e. The van der Waals surface area contributed by atoms with Crippen LogP contribution < -0.4 is 4.57 Å². The standard InChI is InChI=1S/C25H29N2/c1-15(2)20-10-11-22-21-9-8-16(3)12-23(21)27(25(22)19(20)6)24-13-17(4)18(5)14-26(24)7/h8-15H,1-7H3/q+1.